The Morgan fingerprint density at radius 3 is 0.698 bits per heavy atom. The van der Waals surface area contributed by atoms with Crippen LogP contribution in [0.4, 0.5) is 0 Å². The standard InChI is InChI=1S/C122H148N10S14Si3/c1-15-29-37-39-47-81-49-55-91(133-81)93-59-57-89(135-93)87-67-123-113(115-111(87)129-145-131-115)99-65-105-121(141-99)119-103(148(105,71-77(25-11)43-33-19-5)72-78(26-12)44-34-20-6)63-97(139-119)85-53-51-83(107-109(85)127-143-125-107)95-61-101-117(137-95)118-102(147(101,69-75(23-9)41-31-17-3)70-76(24-10)42-32-18-4)62-96(138-118)84-52-54-86(110-108(84)126-144-128-110)98-64-104-120(140-98)122-106(149(104,73-79(27-13)45-35-21-7)74-80(28-14)46-36-22-8)66-100(142-122)114-116-112(130-146-132-116)88(68-124-114)90-58-60-94(136-90)92-56-50-82(134-92)48-40-38-30-16-2/h49-68,75-80H,15-48,69-74H2,1-14H3. The Labute approximate surface area is 945 Å². The number of rotatable bonds is 56. The first kappa shape index (κ1) is 108. The van der Waals surface area contributed by atoms with Crippen LogP contribution in [0.5, 0.6) is 0 Å². The molecule has 0 N–H and O–H groups in total. The maximum atomic E-state index is 5.54. The Balaban J connectivity index is 0.651. The fourth-order valence-corrected chi connectivity index (χ4v) is 63.5. The number of nitrogens with zero attached hydrogens (tertiary/aromatic N) is 10. The topological polar surface area (TPSA) is 129 Å². The van der Waals surface area contributed by atoms with E-state index in [9.17, 15) is 0 Å². The van der Waals surface area contributed by atoms with Gasteiger partial charge in [-0.2, -0.15) is 35.0 Å². The maximum Gasteiger partial charge on any atom is 0.132 e. The molecule has 6 unspecified atom stereocenters. The second-order valence-electron chi connectivity index (χ2n) is 43.8. The van der Waals surface area contributed by atoms with Crippen molar-refractivity contribution in [2.75, 3.05) is 0 Å². The fraction of sp³-hybridized carbons (Fsp3) is 0.492. The van der Waals surface area contributed by atoms with Gasteiger partial charge in [-0.15, -0.1) is 113 Å². The van der Waals surface area contributed by atoms with E-state index in [0.717, 1.165) is 79.5 Å². The summed E-state index contributed by atoms with van der Waals surface area (Å²) in [6.45, 7) is 34.0. The van der Waals surface area contributed by atoms with Crippen LogP contribution >= 0.6 is 160 Å². The molecule has 0 aliphatic carbocycles. The highest BCUT2D eigenvalue weighted by Gasteiger charge is 2.55. The third-order valence-electron chi connectivity index (χ3n) is 34.2. The predicted octanol–water partition coefficient (Wildman–Crippen LogP) is 40.0. The van der Waals surface area contributed by atoms with E-state index in [0.29, 0.717) is 35.5 Å². The Hall–Kier alpha value is -6.33. The quantitative estimate of drug-likeness (QED) is 0.0268. The molecule has 0 spiro atoms. The van der Waals surface area contributed by atoms with E-state index in [2.05, 4.69) is 264 Å². The fourth-order valence-electron chi connectivity index (χ4n) is 25.6. The highest BCUT2D eigenvalue weighted by atomic mass is 32.2. The molecule has 3 aliphatic heterocycles. The van der Waals surface area contributed by atoms with Gasteiger partial charge in [0.1, 0.15) is 79.7 Å². The van der Waals surface area contributed by atoms with Crippen LogP contribution in [0.2, 0.25) is 36.3 Å². The first-order valence-electron chi connectivity index (χ1n) is 57.1. The molecule has 3 aliphatic rings. The third-order valence-corrected chi connectivity index (χ3v) is 66.0. The number of hydrogen-bond acceptors (Lipinski definition) is 24. The first-order valence-corrected chi connectivity index (χ1v) is 75.5. The van der Waals surface area contributed by atoms with Gasteiger partial charge in [0.15, 0.2) is 0 Å². The van der Waals surface area contributed by atoms with E-state index in [-0.39, 0.29) is 0 Å². The van der Waals surface area contributed by atoms with Gasteiger partial charge >= 0.3 is 0 Å². The van der Waals surface area contributed by atoms with E-state index in [1.165, 1.54) is 408 Å². The molecule has 0 amide bonds. The van der Waals surface area contributed by atoms with Crippen LogP contribution in [0.15, 0.2) is 122 Å². The molecule has 0 radical (unpaired) electrons. The molecule has 0 saturated heterocycles. The number of unbranched alkanes of at least 4 members (excludes halogenated alkanes) is 12. The van der Waals surface area contributed by atoms with Crippen LogP contribution < -0.4 is 31.1 Å². The zero-order valence-corrected chi connectivity index (χ0v) is 104. The lowest BCUT2D eigenvalue weighted by Crippen LogP contribution is -2.56. The van der Waals surface area contributed by atoms with E-state index in [1.54, 1.807) is 31.1 Å². The van der Waals surface area contributed by atoms with Gasteiger partial charge in [0.25, 0.3) is 0 Å². The third kappa shape index (κ3) is 21.4. The molecule has 19 heterocycles. The second-order valence-corrected chi connectivity index (χ2v) is 68.9. The Morgan fingerprint density at radius 1 is 0.208 bits per heavy atom. The summed E-state index contributed by atoms with van der Waals surface area (Å²) in [5, 5.41) is 10.1. The van der Waals surface area contributed by atoms with Gasteiger partial charge in [-0.1, -0.05) is 314 Å². The molecule has 0 bridgehead atoms. The lowest BCUT2D eigenvalue weighted by atomic mass is 10.0. The van der Waals surface area contributed by atoms with Crippen molar-refractivity contribution in [3.05, 3.63) is 131 Å². The summed E-state index contributed by atoms with van der Waals surface area (Å²) in [5.74, 6) is 3.88. The summed E-state index contributed by atoms with van der Waals surface area (Å²) in [6.07, 6.45) is 46.8. The summed E-state index contributed by atoms with van der Waals surface area (Å²) < 4.78 is 42.6. The lowest BCUT2D eigenvalue weighted by Gasteiger charge is -2.35. The largest absolute Gasteiger partial charge is 0.252 e. The molecule has 0 saturated carbocycles. The molecule has 6 atom stereocenters. The van der Waals surface area contributed by atoms with E-state index < -0.39 is 24.2 Å². The minimum absolute atomic E-state index is 0.642. The van der Waals surface area contributed by atoms with Crippen LogP contribution in [0.25, 0.3) is 177 Å². The van der Waals surface area contributed by atoms with Gasteiger partial charge in [-0.25, -0.2) is 0 Å². The summed E-state index contributed by atoms with van der Waals surface area (Å²) in [4.78, 5) is 38.7. The zero-order chi connectivity index (χ0) is 103. The van der Waals surface area contributed by atoms with Crippen LogP contribution in [-0.2, 0) is 12.8 Å². The van der Waals surface area contributed by atoms with Crippen molar-refractivity contribution in [1.82, 2.24) is 45.0 Å². The van der Waals surface area contributed by atoms with Crippen molar-refractivity contribution in [2.45, 2.75) is 352 Å². The van der Waals surface area contributed by atoms with E-state index >= 15 is 0 Å². The summed E-state index contributed by atoms with van der Waals surface area (Å²) in [5.41, 5.74) is 17.1. The van der Waals surface area contributed by atoms with Crippen molar-refractivity contribution in [2.24, 2.45) is 35.5 Å². The highest BCUT2D eigenvalue weighted by Crippen LogP contribution is 2.58. The first-order chi connectivity index (χ1) is 73.1. The molecule has 149 heavy (non-hydrogen) atoms. The molecule has 21 rings (SSSR count). The highest BCUT2D eigenvalue weighted by molar-refractivity contribution is 7.34. The lowest BCUT2D eigenvalue weighted by molar-refractivity contribution is 0.469. The number of pyridine rings is 2. The number of hydrogen-bond donors (Lipinski definition) is 0. The van der Waals surface area contributed by atoms with Crippen LogP contribution in [-0.4, -0.2) is 69.2 Å². The molecular formula is C122H148N10S14Si3. The number of thiophene rings is 10. The van der Waals surface area contributed by atoms with Crippen molar-refractivity contribution >= 4 is 260 Å². The van der Waals surface area contributed by atoms with Gasteiger partial charge in [-0.05, 0) is 214 Å². The van der Waals surface area contributed by atoms with Crippen molar-refractivity contribution < 1.29 is 0 Å². The smallest absolute Gasteiger partial charge is 0.132 e. The molecular weight excluding hydrogens is 2140 g/mol. The average Bonchev–Trinajstić information content (AvgIpc) is 1.54. The summed E-state index contributed by atoms with van der Waals surface area (Å²) >= 11 is 25.4. The van der Waals surface area contributed by atoms with E-state index in [1.807, 2.05) is 68.0 Å². The molecule has 18 aromatic rings. The van der Waals surface area contributed by atoms with Crippen molar-refractivity contribution in [3.8, 4) is 133 Å². The van der Waals surface area contributed by atoms with Gasteiger partial charge in [0.05, 0.1) is 56.7 Å². The molecule has 2 aromatic carbocycles. The molecule has 16 aromatic heterocycles. The Morgan fingerprint density at radius 2 is 0.436 bits per heavy atom. The SMILES string of the molecule is CCCCCCc1ccc(-c2ccc(-c3cnc(-c4cc5c(s4)-c4sc(-c6ccc(-c7cc8c(s7)-c7sc(-c9ccc(-c%10cc%11c(s%10)-c%10sc(-c%12ncc(-c%13ccc(-c%14ccc(CCCCCC)s%14)s%13)c%13nsnc%12%13)cc%10[Si]%11(CC(CC)CCCC)CC(CC)CCCC)c%10nsnc9%10)cc7[Si]8(CC(CC)CCCC)CC(CC)CCCC)c7nsnc67)cc4[Si]5(CC(CC)CCCC)CC(CC)CCCC)c4nsnc34)s2)s1. The minimum Gasteiger partial charge on any atom is -0.252 e. The summed E-state index contributed by atoms with van der Waals surface area (Å²) in [7, 11) is -7.55. The number of aryl methyl sites for hydroxylation is 2. The molecule has 0 fully saturated rings. The van der Waals surface area contributed by atoms with Crippen molar-refractivity contribution in [1.29, 1.82) is 0 Å². The van der Waals surface area contributed by atoms with Gasteiger partial charge in [0.2, 0.25) is 0 Å². The van der Waals surface area contributed by atoms with Gasteiger partial charge in [-0.3, -0.25) is 9.97 Å². The van der Waals surface area contributed by atoms with Crippen LogP contribution in [0, 0.1) is 35.5 Å². The number of aromatic nitrogens is 10. The van der Waals surface area contributed by atoms with E-state index in [4.69, 9.17) is 45.0 Å². The Bertz CT molecular complexity index is 7130. The average molecular weight is 2290 g/mol. The molecule has 27 heteroatoms. The maximum absolute atomic E-state index is 5.54. The molecule has 782 valence electrons. The monoisotopic (exact) mass is 2280 g/mol. The normalized spacial score (nSPS) is 17.0. The van der Waals surface area contributed by atoms with Gasteiger partial charge in [0, 0.05) is 134 Å². The number of fused-ring (bicyclic) bond motifs is 13. The minimum atomic E-state index is -2.55. The van der Waals surface area contributed by atoms with Gasteiger partial charge < -0.3 is 0 Å². The second kappa shape index (κ2) is 48.8. The predicted molar refractivity (Wildman–Crippen MR) is 675 cm³/mol. The summed E-state index contributed by atoms with van der Waals surface area (Å²) in [6, 6.07) is 52.7. The molecule has 10 nitrogen and oxygen atoms in total. The number of benzene rings is 2. The zero-order valence-electron chi connectivity index (χ0n) is 90.0. The van der Waals surface area contributed by atoms with Crippen molar-refractivity contribution in [3.63, 3.8) is 0 Å². The Kier molecular flexibility index (Phi) is 35.4. The van der Waals surface area contributed by atoms with Crippen LogP contribution in [0.1, 0.15) is 312 Å². The van der Waals surface area contributed by atoms with Crippen LogP contribution in [0.3, 0.4) is 0 Å².